The lowest BCUT2D eigenvalue weighted by Crippen LogP contribution is -2.25. The Morgan fingerprint density at radius 2 is 1.26 bits per heavy atom. The van der Waals surface area contributed by atoms with Gasteiger partial charge in [0.15, 0.2) is 17.4 Å². The van der Waals surface area contributed by atoms with Crippen molar-refractivity contribution in [1.29, 1.82) is 0 Å². The number of unbranched alkanes of at least 4 members (excludes halogenated alkanes) is 2. The van der Waals surface area contributed by atoms with Crippen LogP contribution in [0, 0.1) is 29.1 Å². The largest absolute Gasteiger partial charge is 0.485 e. The van der Waals surface area contributed by atoms with Crippen molar-refractivity contribution >= 4 is 0 Å². The Bertz CT molecular complexity index is 1490. The summed E-state index contributed by atoms with van der Waals surface area (Å²) in [6.45, 7) is 0.360. The van der Waals surface area contributed by atoms with Crippen molar-refractivity contribution in [2.24, 2.45) is 0 Å². The van der Waals surface area contributed by atoms with Crippen molar-refractivity contribution in [1.82, 2.24) is 0 Å². The van der Waals surface area contributed by atoms with Gasteiger partial charge in [0.2, 0.25) is 0 Å². The van der Waals surface area contributed by atoms with Crippen LogP contribution in [0.25, 0.3) is 22.3 Å². The maximum Gasteiger partial charge on any atom is 0.432 e. The highest BCUT2D eigenvalue weighted by Gasteiger charge is 2.41. The molecule has 0 amide bonds. The molecule has 0 atom stereocenters. The summed E-state index contributed by atoms with van der Waals surface area (Å²) in [5.74, 6) is -9.52. The molecule has 42 heavy (non-hydrogen) atoms. The minimum Gasteiger partial charge on any atom is -0.485 e. The number of alkyl halides is 3. The van der Waals surface area contributed by atoms with Crippen molar-refractivity contribution in [3.63, 3.8) is 0 Å². The molecule has 0 saturated heterocycles. The van der Waals surface area contributed by atoms with Crippen LogP contribution < -0.4 is 9.47 Å². The molecule has 10 heteroatoms. The van der Waals surface area contributed by atoms with Crippen molar-refractivity contribution < 1.29 is 44.6 Å². The van der Waals surface area contributed by atoms with Crippen LogP contribution in [0.5, 0.6) is 11.5 Å². The summed E-state index contributed by atoms with van der Waals surface area (Å²) >= 11 is 0. The van der Waals surface area contributed by atoms with Crippen LogP contribution in [-0.4, -0.2) is 13.3 Å². The number of rotatable bonds is 12. The van der Waals surface area contributed by atoms with Crippen LogP contribution in [0.15, 0.2) is 66.7 Å². The monoisotopic (exact) mass is 594 g/mol. The van der Waals surface area contributed by atoms with Crippen LogP contribution in [0.3, 0.4) is 0 Å². The average molecular weight is 595 g/mol. The van der Waals surface area contributed by atoms with Crippen molar-refractivity contribution in [3.8, 4) is 33.8 Å². The van der Waals surface area contributed by atoms with Crippen molar-refractivity contribution in [2.75, 3.05) is 13.3 Å². The maximum atomic E-state index is 15.1. The lowest BCUT2D eigenvalue weighted by Gasteiger charge is -2.20. The van der Waals surface area contributed by atoms with Crippen LogP contribution in [0.2, 0.25) is 0 Å². The Labute approximate surface area is 237 Å². The zero-order valence-electron chi connectivity index (χ0n) is 22.4. The van der Waals surface area contributed by atoms with E-state index in [1.165, 1.54) is 18.2 Å². The maximum absolute atomic E-state index is 15.1. The molecule has 4 aromatic rings. The first-order valence-electron chi connectivity index (χ1n) is 13.2. The van der Waals surface area contributed by atoms with Gasteiger partial charge in [-0.1, -0.05) is 56.2 Å². The van der Waals surface area contributed by atoms with E-state index in [1.807, 2.05) is 24.3 Å². The molecule has 0 aliphatic rings. The lowest BCUT2D eigenvalue weighted by atomic mass is 9.97. The Balaban J connectivity index is 1.56. The second-order valence-electron chi connectivity index (χ2n) is 9.54. The van der Waals surface area contributed by atoms with Crippen LogP contribution in [-0.2, 0) is 12.5 Å². The summed E-state index contributed by atoms with van der Waals surface area (Å²) in [4.78, 5) is 0. The van der Waals surface area contributed by atoms with E-state index in [2.05, 4.69) is 16.4 Å². The predicted octanol–water partition coefficient (Wildman–Crippen LogP) is 9.93. The summed E-state index contributed by atoms with van der Waals surface area (Å²) in [5, 5.41) is 0. The fourth-order valence-electron chi connectivity index (χ4n) is 4.45. The molecule has 0 fully saturated rings. The summed E-state index contributed by atoms with van der Waals surface area (Å²) in [5.41, 5.74) is -0.0664. The average Bonchev–Trinajstić information content (AvgIpc) is 2.92. The topological polar surface area (TPSA) is 18.5 Å². The normalized spacial score (nSPS) is 11.5. The van der Waals surface area contributed by atoms with E-state index < -0.39 is 65.5 Å². The molecular formula is C32H26F8O2. The highest BCUT2D eigenvalue weighted by molar-refractivity contribution is 5.71. The van der Waals surface area contributed by atoms with E-state index in [4.69, 9.17) is 0 Å². The fraction of sp³-hybridized carbons (Fsp3) is 0.250. The zero-order valence-corrected chi connectivity index (χ0v) is 22.4. The predicted molar refractivity (Wildman–Crippen MR) is 143 cm³/mol. The third-order valence-electron chi connectivity index (χ3n) is 6.51. The molecule has 0 aromatic heterocycles. The summed E-state index contributed by atoms with van der Waals surface area (Å²) < 4.78 is 123. The molecule has 4 aromatic carbocycles. The van der Waals surface area contributed by atoms with Gasteiger partial charge < -0.3 is 9.47 Å². The molecule has 2 nitrogen and oxygen atoms in total. The van der Waals surface area contributed by atoms with E-state index in [0.29, 0.717) is 29.8 Å². The SMILES string of the molecule is CCCCCc1ccc(-c2ccc(-c3cc(F)c(C(F)(F)Oc4cc(F)c(OCCF)c(F)c4)c(F)c3)c(F)c2)cc1. The number of benzene rings is 4. The van der Waals surface area contributed by atoms with Gasteiger partial charge in [-0.15, -0.1) is 0 Å². The molecule has 222 valence electrons. The Kier molecular flexibility index (Phi) is 9.75. The van der Waals surface area contributed by atoms with Gasteiger partial charge in [-0.05, 0) is 53.3 Å². The van der Waals surface area contributed by atoms with E-state index in [9.17, 15) is 30.7 Å². The van der Waals surface area contributed by atoms with Gasteiger partial charge in [-0.2, -0.15) is 8.78 Å². The zero-order chi connectivity index (χ0) is 30.4. The molecule has 0 spiro atoms. The van der Waals surface area contributed by atoms with Gasteiger partial charge in [0.25, 0.3) is 0 Å². The third kappa shape index (κ3) is 7.03. The highest BCUT2D eigenvalue weighted by Crippen LogP contribution is 2.39. The van der Waals surface area contributed by atoms with E-state index in [1.54, 1.807) is 0 Å². The Morgan fingerprint density at radius 3 is 1.83 bits per heavy atom. The third-order valence-corrected chi connectivity index (χ3v) is 6.51. The summed E-state index contributed by atoms with van der Waals surface area (Å²) in [6, 6.07) is 13.2. The molecule has 0 aliphatic carbocycles. The van der Waals surface area contributed by atoms with Gasteiger partial charge in [0.1, 0.15) is 42.0 Å². The Morgan fingerprint density at radius 1 is 0.667 bits per heavy atom. The van der Waals surface area contributed by atoms with Crippen molar-refractivity contribution in [3.05, 3.63) is 107 Å². The number of ether oxygens (including phenoxy) is 2. The molecule has 4 rings (SSSR count). The number of hydrogen-bond acceptors (Lipinski definition) is 2. The molecule has 0 N–H and O–H groups in total. The second kappa shape index (κ2) is 13.3. The smallest absolute Gasteiger partial charge is 0.432 e. The molecule has 0 bridgehead atoms. The van der Waals surface area contributed by atoms with Crippen LogP contribution in [0.4, 0.5) is 35.1 Å². The minimum absolute atomic E-state index is 0.239. The molecule has 0 aliphatic heterocycles. The number of aryl methyl sites for hydroxylation is 1. The van der Waals surface area contributed by atoms with Crippen LogP contribution >= 0.6 is 0 Å². The van der Waals surface area contributed by atoms with E-state index >= 15 is 4.39 Å². The molecule has 0 radical (unpaired) electrons. The fourth-order valence-corrected chi connectivity index (χ4v) is 4.45. The van der Waals surface area contributed by atoms with E-state index in [-0.39, 0.29) is 11.1 Å². The minimum atomic E-state index is -4.72. The Hall–Kier alpha value is -4.08. The van der Waals surface area contributed by atoms with Gasteiger partial charge >= 0.3 is 6.11 Å². The molecular weight excluding hydrogens is 568 g/mol. The number of hydrogen-bond donors (Lipinski definition) is 0. The van der Waals surface area contributed by atoms with Gasteiger partial charge in [-0.25, -0.2) is 26.3 Å². The quantitative estimate of drug-likeness (QED) is 0.120. The van der Waals surface area contributed by atoms with Gasteiger partial charge in [0.05, 0.1) is 0 Å². The standard InChI is InChI=1S/C32H26F8O2/c1-2-3-4-5-19-6-8-20(9-7-19)21-10-11-24(25(34)14-21)22-15-26(35)30(27(36)16-22)32(39,40)42-23-17-28(37)31(29(38)18-23)41-13-12-33/h6-11,14-18H,2-5,12-13H2,1H3. The first-order valence-corrected chi connectivity index (χ1v) is 13.2. The molecule has 0 unspecified atom stereocenters. The molecule has 0 heterocycles. The van der Waals surface area contributed by atoms with E-state index in [0.717, 1.165) is 36.8 Å². The van der Waals surface area contributed by atoms with Gasteiger partial charge in [-0.3, -0.25) is 0 Å². The lowest BCUT2D eigenvalue weighted by molar-refractivity contribution is -0.189. The highest BCUT2D eigenvalue weighted by atomic mass is 19.3. The summed E-state index contributed by atoms with van der Waals surface area (Å²) in [7, 11) is 0. The van der Waals surface area contributed by atoms with Gasteiger partial charge in [0, 0.05) is 17.7 Å². The van der Waals surface area contributed by atoms with Crippen LogP contribution in [0.1, 0.15) is 37.3 Å². The first-order chi connectivity index (χ1) is 20.0. The first kappa shape index (κ1) is 30.9. The van der Waals surface area contributed by atoms with Crippen molar-refractivity contribution in [2.45, 2.75) is 38.7 Å². The molecule has 0 saturated carbocycles. The number of halogens is 8. The summed E-state index contributed by atoms with van der Waals surface area (Å²) in [6.07, 6.45) is -0.513. The second-order valence-corrected chi connectivity index (χ2v) is 9.54.